The molecule has 1 unspecified atom stereocenters. The average Bonchev–Trinajstić information content (AvgIpc) is 2.93. The van der Waals surface area contributed by atoms with E-state index >= 15 is 0 Å². The zero-order valence-corrected chi connectivity index (χ0v) is 13.8. The molecule has 0 saturated carbocycles. The maximum absolute atomic E-state index is 6.31. The molecule has 1 fully saturated rings. The molecule has 1 aromatic heterocycles. The molecule has 1 saturated heterocycles. The number of hydrogen-bond acceptors (Lipinski definition) is 5. The molecule has 118 valence electrons. The molecule has 2 aromatic rings. The van der Waals surface area contributed by atoms with Crippen molar-refractivity contribution in [2.75, 3.05) is 26.2 Å². The number of piperazine rings is 1. The smallest absolute Gasteiger partial charge is 0.230 e. The number of hydrogen-bond donors (Lipinski definition) is 0. The molecule has 0 amide bonds. The summed E-state index contributed by atoms with van der Waals surface area (Å²) in [5.74, 6) is 1.33. The second-order valence-corrected chi connectivity index (χ2v) is 6.13. The largest absolute Gasteiger partial charge is 0.424 e. The summed E-state index contributed by atoms with van der Waals surface area (Å²) < 4.78 is 5.45. The summed E-state index contributed by atoms with van der Waals surface area (Å²) in [6.07, 6.45) is 0. The van der Waals surface area contributed by atoms with Crippen molar-refractivity contribution in [1.29, 1.82) is 0 Å². The molecular weight excluding hydrogens is 300 g/mol. The van der Waals surface area contributed by atoms with Crippen LogP contribution in [0.5, 0.6) is 0 Å². The maximum atomic E-state index is 6.31. The molecule has 2 heterocycles. The van der Waals surface area contributed by atoms with Crippen LogP contribution in [0.15, 0.2) is 28.7 Å². The van der Waals surface area contributed by atoms with Crippen LogP contribution in [0.1, 0.15) is 30.3 Å². The van der Waals surface area contributed by atoms with Crippen LogP contribution < -0.4 is 0 Å². The lowest BCUT2D eigenvalue weighted by Gasteiger charge is -2.37. The van der Waals surface area contributed by atoms with E-state index in [1.54, 1.807) is 0 Å². The van der Waals surface area contributed by atoms with Crippen molar-refractivity contribution in [2.24, 2.45) is 0 Å². The Labute approximate surface area is 135 Å². The van der Waals surface area contributed by atoms with Crippen LogP contribution >= 0.6 is 11.6 Å². The number of halogens is 1. The molecule has 6 heteroatoms. The normalized spacial score (nSPS) is 18.5. The molecule has 0 radical (unpaired) electrons. The Bertz CT molecular complexity index is 622. The van der Waals surface area contributed by atoms with Gasteiger partial charge in [-0.1, -0.05) is 29.8 Å². The minimum Gasteiger partial charge on any atom is -0.424 e. The molecule has 3 rings (SSSR count). The number of rotatable bonds is 4. The van der Waals surface area contributed by atoms with Crippen molar-refractivity contribution in [3.05, 3.63) is 46.6 Å². The van der Waals surface area contributed by atoms with E-state index in [-0.39, 0.29) is 0 Å². The first kappa shape index (κ1) is 15.5. The van der Waals surface area contributed by atoms with Gasteiger partial charge in [-0.25, -0.2) is 0 Å². The lowest BCUT2D eigenvalue weighted by Crippen LogP contribution is -2.46. The van der Waals surface area contributed by atoms with Crippen LogP contribution in [0.25, 0.3) is 0 Å². The zero-order valence-electron chi connectivity index (χ0n) is 13.0. The second-order valence-electron chi connectivity index (χ2n) is 5.72. The third-order valence-electron chi connectivity index (χ3n) is 4.24. The molecule has 1 aliphatic heterocycles. The van der Waals surface area contributed by atoms with Crippen LogP contribution in [-0.2, 0) is 6.54 Å². The van der Waals surface area contributed by atoms with Gasteiger partial charge in [0.1, 0.15) is 0 Å². The Morgan fingerprint density at radius 3 is 2.55 bits per heavy atom. The monoisotopic (exact) mass is 320 g/mol. The first-order valence-electron chi connectivity index (χ1n) is 7.63. The van der Waals surface area contributed by atoms with Crippen molar-refractivity contribution in [3.63, 3.8) is 0 Å². The van der Waals surface area contributed by atoms with E-state index < -0.39 is 0 Å². The van der Waals surface area contributed by atoms with Crippen molar-refractivity contribution < 1.29 is 4.42 Å². The van der Waals surface area contributed by atoms with Crippen LogP contribution in [0.4, 0.5) is 0 Å². The Hall–Kier alpha value is -1.43. The Morgan fingerprint density at radius 2 is 1.91 bits per heavy atom. The Kier molecular flexibility index (Phi) is 4.76. The van der Waals surface area contributed by atoms with Crippen molar-refractivity contribution in [3.8, 4) is 0 Å². The highest BCUT2D eigenvalue weighted by Crippen LogP contribution is 2.27. The number of nitrogens with zero attached hydrogens (tertiary/aromatic N) is 4. The summed E-state index contributed by atoms with van der Waals surface area (Å²) in [4.78, 5) is 4.82. The minimum absolute atomic E-state index is 0.335. The third kappa shape index (κ3) is 3.48. The Morgan fingerprint density at radius 1 is 1.18 bits per heavy atom. The van der Waals surface area contributed by atoms with E-state index in [0.29, 0.717) is 17.8 Å². The highest BCUT2D eigenvalue weighted by Gasteiger charge is 2.24. The van der Waals surface area contributed by atoms with E-state index in [4.69, 9.17) is 16.0 Å². The fourth-order valence-electron chi connectivity index (χ4n) is 2.91. The molecule has 0 N–H and O–H groups in total. The van der Waals surface area contributed by atoms with Gasteiger partial charge in [0.05, 0.1) is 6.54 Å². The number of aryl methyl sites for hydroxylation is 1. The molecule has 0 bridgehead atoms. The van der Waals surface area contributed by atoms with Crippen LogP contribution in [-0.4, -0.2) is 46.2 Å². The van der Waals surface area contributed by atoms with Gasteiger partial charge in [-0.15, -0.1) is 10.2 Å². The quantitative estimate of drug-likeness (QED) is 0.866. The summed E-state index contributed by atoms with van der Waals surface area (Å²) in [6.45, 7) is 8.79. The molecule has 1 atom stereocenters. The summed E-state index contributed by atoms with van der Waals surface area (Å²) in [5.41, 5.74) is 1.20. The highest BCUT2D eigenvalue weighted by atomic mass is 35.5. The third-order valence-corrected chi connectivity index (χ3v) is 4.58. The summed E-state index contributed by atoms with van der Waals surface area (Å²) in [5, 5.41) is 8.79. The standard InChI is InChI=1S/C16H21ClN4O/c1-12(14-5-3-4-6-15(14)17)21-9-7-20(8-10-21)11-16-19-18-13(2)22-16/h3-6,12H,7-11H2,1-2H3. The van der Waals surface area contributed by atoms with Gasteiger partial charge in [-0.2, -0.15) is 0 Å². The molecule has 22 heavy (non-hydrogen) atoms. The van der Waals surface area contributed by atoms with Crippen LogP contribution in [0.2, 0.25) is 5.02 Å². The van der Waals surface area contributed by atoms with Gasteiger partial charge in [0.15, 0.2) is 0 Å². The first-order chi connectivity index (χ1) is 10.6. The molecule has 1 aliphatic rings. The van der Waals surface area contributed by atoms with Crippen LogP contribution in [0.3, 0.4) is 0 Å². The van der Waals surface area contributed by atoms with E-state index in [9.17, 15) is 0 Å². The predicted molar refractivity (Wildman–Crippen MR) is 85.8 cm³/mol. The molecule has 0 aliphatic carbocycles. The van der Waals surface area contributed by atoms with Crippen molar-refractivity contribution in [1.82, 2.24) is 20.0 Å². The van der Waals surface area contributed by atoms with Gasteiger partial charge in [-0.05, 0) is 18.6 Å². The average molecular weight is 321 g/mol. The highest BCUT2D eigenvalue weighted by molar-refractivity contribution is 6.31. The Balaban J connectivity index is 1.56. The fraction of sp³-hybridized carbons (Fsp3) is 0.500. The second kappa shape index (κ2) is 6.77. The summed E-state index contributed by atoms with van der Waals surface area (Å²) in [7, 11) is 0. The van der Waals surface area contributed by atoms with Gasteiger partial charge in [0.2, 0.25) is 11.8 Å². The van der Waals surface area contributed by atoms with E-state index in [0.717, 1.165) is 37.7 Å². The van der Waals surface area contributed by atoms with Crippen molar-refractivity contribution in [2.45, 2.75) is 26.4 Å². The zero-order chi connectivity index (χ0) is 15.5. The lowest BCUT2D eigenvalue weighted by atomic mass is 10.1. The predicted octanol–water partition coefficient (Wildman–Crippen LogP) is 2.91. The molecular formula is C16H21ClN4O. The van der Waals surface area contributed by atoms with E-state index in [1.807, 2.05) is 25.1 Å². The van der Waals surface area contributed by atoms with Crippen LogP contribution in [0, 0.1) is 6.92 Å². The lowest BCUT2D eigenvalue weighted by molar-refractivity contribution is 0.0919. The molecule has 0 spiro atoms. The number of aromatic nitrogens is 2. The topological polar surface area (TPSA) is 45.4 Å². The molecule has 1 aromatic carbocycles. The maximum Gasteiger partial charge on any atom is 0.230 e. The SMILES string of the molecule is Cc1nnc(CN2CCN(C(C)c3ccccc3Cl)CC2)o1. The van der Waals surface area contributed by atoms with Gasteiger partial charge in [0, 0.05) is 44.2 Å². The van der Waals surface area contributed by atoms with E-state index in [1.165, 1.54) is 5.56 Å². The van der Waals surface area contributed by atoms with Gasteiger partial charge in [-0.3, -0.25) is 9.80 Å². The van der Waals surface area contributed by atoms with E-state index in [2.05, 4.69) is 33.0 Å². The summed E-state index contributed by atoms with van der Waals surface area (Å²) in [6, 6.07) is 8.43. The fourth-order valence-corrected chi connectivity index (χ4v) is 3.21. The van der Waals surface area contributed by atoms with Gasteiger partial charge >= 0.3 is 0 Å². The summed E-state index contributed by atoms with van der Waals surface area (Å²) >= 11 is 6.31. The van der Waals surface area contributed by atoms with Gasteiger partial charge < -0.3 is 4.42 Å². The van der Waals surface area contributed by atoms with Crippen molar-refractivity contribution >= 4 is 11.6 Å². The first-order valence-corrected chi connectivity index (χ1v) is 8.01. The minimum atomic E-state index is 0.335. The number of benzene rings is 1. The van der Waals surface area contributed by atoms with Gasteiger partial charge in [0.25, 0.3) is 0 Å². The molecule has 5 nitrogen and oxygen atoms in total.